The van der Waals surface area contributed by atoms with Gasteiger partial charge in [-0.05, 0) is 0 Å². The summed E-state index contributed by atoms with van der Waals surface area (Å²) in [6, 6.07) is 0. The van der Waals surface area contributed by atoms with Crippen molar-refractivity contribution in [2.75, 3.05) is 13.1 Å². The molecule has 1 rings (SSSR count). The maximum atomic E-state index is 11.3. The highest BCUT2D eigenvalue weighted by atomic mass is 16.6. The van der Waals surface area contributed by atoms with E-state index in [0.717, 1.165) is 0 Å². The lowest BCUT2D eigenvalue weighted by Crippen LogP contribution is -2.35. The number of Topliss-reactive ketones (excluding diaryl/α,β-unsaturated/α-hetero) is 1. The SMILES string of the molecule is [CH2+]C(C)(C)OC(=O)N1CCC(=O)C1. The summed E-state index contributed by atoms with van der Waals surface area (Å²) in [6.07, 6.45) is -0.0157. The fourth-order valence-electron chi connectivity index (χ4n) is 1.09. The van der Waals surface area contributed by atoms with Gasteiger partial charge in [-0.3, -0.25) is 4.79 Å². The smallest absolute Gasteiger partial charge is 0.403 e. The lowest BCUT2D eigenvalue weighted by atomic mass is 10.2. The van der Waals surface area contributed by atoms with Gasteiger partial charge in [0.25, 0.3) is 0 Å². The second-order valence-corrected chi connectivity index (χ2v) is 3.84. The molecular formula is C9H14NO3+. The Balaban J connectivity index is 2.45. The van der Waals surface area contributed by atoms with Gasteiger partial charge < -0.3 is 9.64 Å². The third kappa shape index (κ3) is 2.97. The van der Waals surface area contributed by atoms with Crippen LogP contribution in [0.5, 0.6) is 0 Å². The molecule has 1 aliphatic rings. The minimum absolute atomic E-state index is 0.0822. The van der Waals surface area contributed by atoms with E-state index in [9.17, 15) is 9.59 Å². The molecule has 0 radical (unpaired) electrons. The highest BCUT2D eigenvalue weighted by Crippen LogP contribution is 2.12. The molecule has 4 nitrogen and oxygen atoms in total. The molecule has 13 heavy (non-hydrogen) atoms. The standard InChI is InChI=1S/C9H14NO3/c1-9(2,3)13-8(12)10-5-4-7(11)6-10/h1,4-6H2,2-3H3/q+1. The van der Waals surface area contributed by atoms with Crippen molar-refractivity contribution >= 4 is 11.9 Å². The van der Waals surface area contributed by atoms with E-state index >= 15 is 0 Å². The Kier molecular flexibility index (Phi) is 2.50. The molecule has 72 valence electrons. The minimum atomic E-state index is -0.733. The Morgan fingerprint density at radius 3 is 2.62 bits per heavy atom. The van der Waals surface area contributed by atoms with Gasteiger partial charge in [0.1, 0.15) is 6.92 Å². The highest BCUT2D eigenvalue weighted by molar-refractivity contribution is 5.87. The van der Waals surface area contributed by atoms with E-state index in [4.69, 9.17) is 4.74 Å². The second kappa shape index (κ2) is 3.28. The molecule has 0 saturated carbocycles. The number of hydrogen-bond donors (Lipinski definition) is 0. The van der Waals surface area contributed by atoms with E-state index in [-0.39, 0.29) is 12.3 Å². The monoisotopic (exact) mass is 184 g/mol. The van der Waals surface area contributed by atoms with Crippen LogP contribution < -0.4 is 0 Å². The first-order chi connectivity index (χ1) is 5.88. The maximum Gasteiger partial charge on any atom is 0.413 e. The summed E-state index contributed by atoms with van der Waals surface area (Å²) in [6.45, 7) is 7.68. The summed E-state index contributed by atoms with van der Waals surface area (Å²) in [5.74, 6) is 0.0822. The number of nitrogens with zero attached hydrogens (tertiary/aromatic N) is 1. The van der Waals surface area contributed by atoms with Crippen molar-refractivity contribution in [3.63, 3.8) is 0 Å². The molecule has 1 aliphatic heterocycles. The van der Waals surface area contributed by atoms with Crippen molar-refractivity contribution in [3.8, 4) is 0 Å². The molecule has 0 aromatic heterocycles. The van der Waals surface area contributed by atoms with Gasteiger partial charge in [0.05, 0.1) is 6.54 Å². The zero-order valence-electron chi connectivity index (χ0n) is 8.00. The molecule has 0 aromatic rings. The van der Waals surface area contributed by atoms with E-state index in [1.54, 1.807) is 13.8 Å². The van der Waals surface area contributed by atoms with Gasteiger partial charge in [0, 0.05) is 26.8 Å². The van der Waals surface area contributed by atoms with Crippen LogP contribution in [0.2, 0.25) is 0 Å². The highest BCUT2D eigenvalue weighted by Gasteiger charge is 2.30. The van der Waals surface area contributed by atoms with Gasteiger partial charge in [0.15, 0.2) is 5.78 Å². The Bertz CT molecular complexity index is 230. The first-order valence-electron chi connectivity index (χ1n) is 4.23. The molecule has 0 N–H and O–H groups in total. The van der Waals surface area contributed by atoms with Crippen molar-refractivity contribution in [2.24, 2.45) is 0 Å². The Morgan fingerprint density at radius 1 is 1.62 bits per heavy atom. The van der Waals surface area contributed by atoms with Gasteiger partial charge in [0.2, 0.25) is 5.60 Å². The largest absolute Gasteiger partial charge is 0.413 e. The van der Waals surface area contributed by atoms with Gasteiger partial charge >= 0.3 is 6.09 Å². The van der Waals surface area contributed by atoms with E-state index < -0.39 is 11.7 Å². The summed E-state index contributed by atoms with van der Waals surface area (Å²) in [5.41, 5.74) is -0.733. The number of rotatable bonds is 1. The number of ether oxygens (including phenoxy) is 1. The molecule has 0 bridgehead atoms. The summed E-state index contributed by atoms with van der Waals surface area (Å²) >= 11 is 0. The molecule has 0 aliphatic carbocycles. The van der Waals surface area contributed by atoms with Gasteiger partial charge in [-0.25, -0.2) is 4.79 Å². The molecule has 1 saturated heterocycles. The lowest BCUT2D eigenvalue weighted by Gasteiger charge is -2.18. The average Bonchev–Trinajstić information content (AvgIpc) is 2.31. The Morgan fingerprint density at radius 2 is 2.23 bits per heavy atom. The average molecular weight is 184 g/mol. The number of carbonyl (C=O) groups is 2. The van der Waals surface area contributed by atoms with Gasteiger partial charge in [-0.15, -0.1) is 0 Å². The molecule has 4 heteroatoms. The summed E-state index contributed by atoms with van der Waals surface area (Å²) in [7, 11) is 0. The van der Waals surface area contributed by atoms with Crippen molar-refractivity contribution in [1.29, 1.82) is 0 Å². The van der Waals surface area contributed by atoms with Crippen molar-refractivity contribution in [2.45, 2.75) is 25.9 Å². The van der Waals surface area contributed by atoms with Crippen LogP contribution in [-0.4, -0.2) is 35.5 Å². The van der Waals surface area contributed by atoms with Crippen LogP contribution >= 0.6 is 0 Å². The van der Waals surface area contributed by atoms with Crippen molar-refractivity contribution in [1.82, 2.24) is 4.90 Å². The molecule has 0 unspecified atom stereocenters. The molecule has 1 fully saturated rings. The predicted octanol–water partition coefficient (Wildman–Crippen LogP) is 1.01. The summed E-state index contributed by atoms with van der Waals surface area (Å²) in [5, 5.41) is 0. The zero-order valence-corrected chi connectivity index (χ0v) is 8.00. The summed E-state index contributed by atoms with van der Waals surface area (Å²) < 4.78 is 4.99. The molecule has 1 heterocycles. The van der Waals surface area contributed by atoms with Gasteiger partial charge in [-0.1, -0.05) is 0 Å². The topological polar surface area (TPSA) is 46.6 Å². The van der Waals surface area contributed by atoms with E-state index in [0.29, 0.717) is 13.0 Å². The van der Waals surface area contributed by atoms with Gasteiger partial charge in [-0.2, -0.15) is 0 Å². The van der Waals surface area contributed by atoms with Crippen LogP contribution in [0.4, 0.5) is 4.79 Å². The minimum Gasteiger partial charge on any atom is -0.403 e. The second-order valence-electron chi connectivity index (χ2n) is 3.84. The van der Waals surface area contributed by atoms with Crippen LogP contribution in [0.25, 0.3) is 0 Å². The van der Waals surface area contributed by atoms with Crippen LogP contribution in [0.15, 0.2) is 0 Å². The van der Waals surface area contributed by atoms with Crippen LogP contribution in [0, 0.1) is 6.92 Å². The van der Waals surface area contributed by atoms with Crippen LogP contribution in [-0.2, 0) is 9.53 Å². The quantitative estimate of drug-likeness (QED) is 0.571. The zero-order chi connectivity index (χ0) is 10.1. The third-order valence-corrected chi connectivity index (χ3v) is 1.65. The van der Waals surface area contributed by atoms with E-state index in [2.05, 4.69) is 6.92 Å². The number of likely N-dealkylation sites (tertiary alicyclic amines) is 1. The molecular weight excluding hydrogens is 170 g/mol. The van der Waals surface area contributed by atoms with E-state index in [1.165, 1.54) is 4.90 Å². The molecule has 0 aromatic carbocycles. The molecule has 0 spiro atoms. The number of ketones is 1. The predicted molar refractivity (Wildman–Crippen MR) is 47.1 cm³/mol. The Hall–Kier alpha value is -1.19. The van der Waals surface area contributed by atoms with Crippen molar-refractivity contribution < 1.29 is 14.3 Å². The number of hydrogen-bond acceptors (Lipinski definition) is 3. The molecule has 1 amide bonds. The number of amides is 1. The fraction of sp³-hybridized carbons (Fsp3) is 0.667. The first-order valence-corrected chi connectivity index (χ1v) is 4.23. The fourth-order valence-corrected chi connectivity index (χ4v) is 1.09. The normalized spacial score (nSPS) is 17.7. The number of carbonyl (C=O) groups excluding carboxylic acids is 2. The Labute approximate surface area is 77.8 Å². The maximum absolute atomic E-state index is 11.3. The van der Waals surface area contributed by atoms with Crippen LogP contribution in [0.1, 0.15) is 20.3 Å². The van der Waals surface area contributed by atoms with Crippen molar-refractivity contribution in [3.05, 3.63) is 6.92 Å². The molecule has 0 atom stereocenters. The van der Waals surface area contributed by atoms with E-state index in [1.807, 2.05) is 0 Å². The summed E-state index contributed by atoms with van der Waals surface area (Å²) in [4.78, 5) is 23.6. The first kappa shape index (κ1) is 9.89. The van der Waals surface area contributed by atoms with Crippen LogP contribution in [0.3, 0.4) is 0 Å². The lowest BCUT2D eigenvalue weighted by molar-refractivity contribution is -0.116. The third-order valence-electron chi connectivity index (χ3n) is 1.65.